The van der Waals surface area contributed by atoms with E-state index in [-0.39, 0.29) is 39.2 Å². The summed E-state index contributed by atoms with van der Waals surface area (Å²) in [5, 5.41) is 39.4. The Kier molecular flexibility index (Phi) is 10.8. The van der Waals surface area contributed by atoms with Crippen LogP contribution in [0.3, 0.4) is 0 Å². The van der Waals surface area contributed by atoms with E-state index >= 15 is 0 Å². The average molecular weight is 652 g/mol. The van der Waals surface area contributed by atoms with Gasteiger partial charge < -0.3 is 46.9 Å². The monoisotopic (exact) mass is 651 g/mol. The molecule has 0 heterocycles. The van der Waals surface area contributed by atoms with Crippen molar-refractivity contribution >= 4 is 47.0 Å². The predicted molar refractivity (Wildman–Crippen MR) is 167 cm³/mol. The van der Waals surface area contributed by atoms with Crippen molar-refractivity contribution < 1.29 is 27.3 Å². The van der Waals surface area contributed by atoms with Crippen molar-refractivity contribution in [2.75, 3.05) is 0 Å². The van der Waals surface area contributed by atoms with Gasteiger partial charge in [-0.1, -0.05) is 52.4 Å². The van der Waals surface area contributed by atoms with Crippen molar-refractivity contribution in [2.45, 2.75) is 115 Å². The molecule has 6 saturated carbocycles. The van der Waals surface area contributed by atoms with E-state index in [1.807, 2.05) is 0 Å². The molecule has 4 bridgehead atoms. The fourth-order valence-electron chi connectivity index (χ4n) is 10.0. The summed E-state index contributed by atoms with van der Waals surface area (Å²) >= 11 is 9.62. The minimum Gasteiger partial charge on any atom is -0.741 e. The van der Waals surface area contributed by atoms with Crippen LogP contribution in [0.5, 0.6) is 0 Å². The molecule has 41 heavy (non-hydrogen) atoms. The van der Waals surface area contributed by atoms with Gasteiger partial charge in [-0.2, -0.15) is 20.4 Å². The van der Waals surface area contributed by atoms with Crippen LogP contribution in [-0.4, -0.2) is 43.2 Å². The molecule has 0 aromatic heterocycles. The summed E-state index contributed by atoms with van der Waals surface area (Å²) < 4.78 is 0. The van der Waals surface area contributed by atoms with E-state index in [0.717, 1.165) is 75.6 Å². The fourth-order valence-corrected chi connectivity index (χ4v) is 10.1. The van der Waals surface area contributed by atoms with Crippen molar-refractivity contribution in [1.29, 1.82) is 0 Å². The number of nitrogens with zero attached hydrogens (tertiary/aromatic N) is 4. The summed E-state index contributed by atoms with van der Waals surface area (Å²) in [7, 11) is 0. The van der Waals surface area contributed by atoms with Crippen molar-refractivity contribution in [3.63, 3.8) is 0 Å². The van der Waals surface area contributed by atoms with Gasteiger partial charge in [-0.05, 0) is 85.4 Å². The number of rotatable bonds is 2. The van der Waals surface area contributed by atoms with Crippen LogP contribution in [0.15, 0.2) is 20.4 Å². The molecule has 6 N–H and O–H groups in total. The van der Waals surface area contributed by atoms with Crippen LogP contribution >= 0.6 is 0 Å². The summed E-state index contributed by atoms with van der Waals surface area (Å²) in [4.78, 5) is 0. The minimum absolute atomic E-state index is 0. The summed E-state index contributed by atoms with van der Waals surface area (Å²) in [6.07, 6.45) is 15.6. The molecule has 10 atom stereocenters. The van der Waals surface area contributed by atoms with Gasteiger partial charge in [0.05, 0.1) is 11.2 Å². The normalized spacial score (nSPS) is 46.0. The molecule has 0 saturated heterocycles. The van der Waals surface area contributed by atoms with E-state index in [0.29, 0.717) is 35.5 Å². The van der Waals surface area contributed by atoms with E-state index in [2.05, 4.69) is 34.3 Å². The predicted octanol–water partition coefficient (Wildman–Crippen LogP) is 4.38. The largest absolute Gasteiger partial charge is 2.00 e. The maximum Gasteiger partial charge on any atom is 2.00 e. The molecule has 1 radical (unpaired) electrons. The minimum atomic E-state index is -0.570. The standard InChI is InChI=1S/2C15H25N3OS.Cu/c2*1-9-10-5-4-7-12(13(10)17-18-14(16)20)15(19)8-3-2-6-11(9)15;/h2*9-12,19H,2-8H2,1H3,(H3,16,18,20);/q;;+2/p-2/b2*17-13+;. The second kappa shape index (κ2) is 13.4. The van der Waals surface area contributed by atoms with Gasteiger partial charge in [0.1, 0.15) is 0 Å². The van der Waals surface area contributed by atoms with Crippen LogP contribution in [0.25, 0.3) is 0 Å². The van der Waals surface area contributed by atoms with Gasteiger partial charge in [0.15, 0.2) is 0 Å². The Morgan fingerprint density at radius 3 is 1.41 bits per heavy atom. The first kappa shape index (κ1) is 33.1. The molecule has 6 fully saturated rings. The number of aliphatic hydroxyl groups is 2. The Morgan fingerprint density at radius 1 is 0.659 bits per heavy atom. The second-order valence-electron chi connectivity index (χ2n) is 13.5. The van der Waals surface area contributed by atoms with E-state index in [4.69, 9.17) is 36.7 Å². The van der Waals surface area contributed by atoms with Gasteiger partial charge in [0.2, 0.25) is 0 Å². The SMILES string of the molecule is CC1C2CCCC(/C2=N/N=C(N)[S-])C2(O)CCCCC12.CC1C2CCCC(/C2=N/N=C(N)[S-])C2(O)CCCCC12.[Cu+2]. The third-order valence-electron chi connectivity index (χ3n) is 11.7. The smallest absolute Gasteiger partial charge is 0.741 e. The molecule has 0 aliphatic heterocycles. The van der Waals surface area contributed by atoms with E-state index in [1.165, 1.54) is 25.7 Å². The number of hydrogen-bond donors (Lipinski definition) is 4. The number of fused-ring (bicyclic) bond motifs is 8. The number of amidine groups is 2. The van der Waals surface area contributed by atoms with E-state index < -0.39 is 11.2 Å². The van der Waals surface area contributed by atoms with Crippen molar-refractivity contribution in [3.05, 3.63) is 0 Å². The van der Waals surface area contributed by atoms with Crippen LogP contribution in [0.1, 0.15) is 104 Å². The first-order chi connectivity index (χ1) is 19.1. The molecule has 6 aliphatic carbocycles. The maximum atomic E-state index is 11.3. The first-order valence-electron chi connectivity index (χ1n) is 15.7. The summed E-state index contributed by atoms with van der Waals surface area (Å²) in [5.74, 6) is 3.06. The molecule has 10 unspecified atom stereocenters. The third kappa shape index (κ3) is 6.23. The Bertz CT molecular complexity index is 982. The van der Waals surface area contributed by atoms with Gasteiger partial charge in [-0.25, -0.2) is 0 Å². The third-order valence-corrected chi connectivity index (χ3v) is 11.9. The second-order valence-corrected chi connectivity index (χ2v) is 14.3. The number of hydrogen-bond acceptors (Lipinski definition) is 8. The van der Waals surface area contributed by atoms with Crippen molar-refractivity contribution in [3.8, 4) is 0 Å². The zero-order chi connectivity index (χ0) is 28.7. The van der Waals surface area contributed by atoms with Crippen LogP contribution in [0.4, 0.5) is 0 Å². The maximum absolute atomic E-state index is 11.3. The molecule has 0 aromatic carbocycles. The van der Waals surface area contributed by atoms with E-state index in [9.17, 15) is 10.2 Å². The Labute approximate surface area is 267 Å². The summed E-state index contributed by atoms with van der Waals surface area (Å²) in [5.41, 5.74) is 11.9. The molecule has 0 spiro atoms. The van der Waals surface area contributed by atoms with Crippen LogP contribution in [-0.2, 0) is 42.3 Å². The fraction of sp³-hybridized carbons (Fsp3) is 0.867. The molecule has 6 aliphatic rings. The zero-order valence-corrected chi connectivity index (χ0v) is 27.0. The van der Waals surface area contributed by atoms with Crippen LogP contribution in [0, 0.1) is 47.3 Å². The molecule has 6 rings (SSSR count). The Morgan fingerprint density at radius 2 is 1.05 bits per heavy atom. The molecular formula is C30H48CuN6O2S2. The van der Waals surface area contributed by atoms with Gasteiger partial charge in [0.25, 0.3) is 0 Å². The van der Waals surface area contributed by atoms with Gasteiger partial charge in [0, 0.05) is 35.1 Å². The van der Waals surface area contributed by atoms with Crippen molar-refractivity contribution in [1.82, 2.24) is 0 Å². The van der Waals surface area contributed by atoms with Gasteiger partial charge >= 0.3 is 17.1 Å². The summed E-state index contributed by atoms with van der Waals surface area (Å²) in [6, 6.07) is 0. The van der Waals surface area contributed by atoms with Gasteiger partial charge in [-0.3, -0.25) is 0 Å². The number of nitrogens with two attached hydrogens (primary N) is 2. The van der Waals surface area contributed by atoms with Crippen LogP contribution < -0.4 is 11.5 Å². The quantitative estimate of drug-likeness (QED) is 0.115. The molecule has 0 amide bonds. The molecule has 8 nitrogen and oxygen atoms in total. The van der Waals surface area contributed by atoms with Crippen molar-refractivity contribution in [2.24, 2.45) is 79.2 Å². The first-order valence-corrected chi connectivity index (χ1v) is 16.5. The van der Waals surface area contributed by atoms with Crippen LogP contribution in [0.2, 0.25) is 0 Å². The van der Waals surface area contributed by atoms with E-state index in [1.54, 1.807) is 0 Å². The Hall–Kier alpha value is -0.841. The average Bonchev–Trinajstić information content (AvgIpc) is 2.93. The molecule has 233 valence electrons. The Balaban J connectivity index is 0.000000184. The zero-order valence-electron chi connectivity index (χ0n) is 24.5. The summed E-state index contributed by atoms with van der Waals surface area (Å²) in [6.45, 7) is 4.56. The molecular weight excluding hydrogens is 604 g/mol. The van der Waals surface area contributed by atoms with Gasteiger partial charge in [-0.15, -0.1) is 0 Å². The topological polar surface area (TPSA) is 142 Å². The molecule has 0 aromatic rings. The molecule has 11 heteroatoms.